The van der Waals surface area contributed by atoms with Gasteiger partial charge >= 0.3 is 5.97 Å². The predicted molar refractivity (Wildman–Crippen MR) is 71.6 cm³/mol. The molecule has 0 spiro atoms. The summed E-state index contributed by atoms with van der Waals surface area (Å²) in [5.74, 6) is -0.731. The fourth-order valence-electron chi connectivity index (χ4n) is 2.47. The molecule has 0 saturated heterocycles. The summed E-state index contributed by atoms with van der Waals surface area (Å²) < 4.78 is 28.4. The van der Waals surface area contributed by atoms with Gasteiger partial charge in [0.15, 0.2) is 5.69 Å². The minimum Gasteiger partial charge on any atom is -0.458 e. The first kappa shape index (κ1) is 15.0. The van der Waals surface area contributed by atoms with Crippen LogP contribution in [0.1, 0.15) is 54.7 Å². The topological polar surface area (TPSA) is 115 Å². The van der Waals surface area contributed by atoms with E-state index in [1.807, 2.05) is 0 Å². The molecule has 0 atom stereocenters. The SMILES string of the molecule is Cc1[nH]nc(C(=O)OC2CCCCCC2)c1S(N)(=O)=O. The normalized spacial score (nSPS) is 17.7. The number of esters is 1. The quantitative estimate of drug-likeness (QED) is 0.644. The smallest absolute Gasteiger partial charge is 0.360 e. The Balaban J connectivity index is 2.17. The molecule has 1 saturated carbocycles. The van der Waals surface area contributed by atoms with Crippen LogP contribution in [0, 0.1) is 6.92 Å². The van der Waals surface area contributed by atoms with Crippen LogP contribution in [-0.2, 0) is 14.8 Å². The van der Waals surface area contributed by atoms with E-state index in [4.69, 9.17) is 9.88 Å². The molecule has 112 valence electrons. The molecule has 0 aliphatic heterocycles. The van der Waals surface area contributed by atoms with Crippen LogP contribution in [0.3, 0.4) is 0 Å². The van der Waals surface area contributed by atoms with Crippen LogP contribution in [0.4, 0.5) is 0 Å². The lowest BCUT2D eigenvalue weighted by Gasteiger charge is -2.14. The Morgan fingerprint density at radius 1 is 1.30 bits per heavy atom. The van der Waals surface area contributed by atoms with Crippen molar-refractivity contribution in [2.24, 2.45) is 5.14 Å². The molecule has 1 aliphatic rings. The minimum absolute atomic E-state index is 0.171. The van der Waals surface area contributed by atoms with Gasteiger partial charge in [0.05, 0.1) is 5.69 Å². The van der Waals surface area contributed by atoms with Gasteiger partial charge < -0.3 is 4.74 Å². The number of hydrogen-bond acceptors (Lipinski definition) is 5. The second-order valence-electron chi connectivity index (χ2n) is 5.09. The average Bonchev–Trinajstić information content (AvgIpc) is 2.58. The fourth-order valence-corrected chi connectivity index (χ4v) is 3.34. The first-order valence-electron chi connectivity index (χ1n) is 6.68. The number of nitrogens with one attached hydrogen (secondary N) is 1. The molecule has 7 nitrogen and oxygen atoms in total. The number of aromatic nitrogens is 2. The average molecular weight is 301 g/mol. The van der Waals surface area contributed by atoms with E-state index < -0.39 is 16.0 Å². The van der Waals surface area contributed by atoms with E-state index in [2.05, 4.69) is 10.2 Å². The van der Waals surface area contributed by atoms with Crippen molar-refractivity contribution in [1.82, 2.24) is 10.2 Å². The van der Waals surface area contributed by atoms with Crippen LogP contribution in [0.15, 0.2) is 4.90 Å². The predicted octanol–water partition coefficient (Wildman–Crippen LogP) is 1.25. The molecule has 1 heterocycles. The van der Waals surface area contributed by atoms with Crippen LogP contribution in [-0.4, -0.2) is 30.7 Å². The van der Waals surface area contributed by atoms with Crippen molar-refractivity contribution in [3.63, 3.8) is 0 Å². The fraction of sp³-hybridized carbons (Fsp3) is 0.667. The minimum atomic E-state index is -4.01. The third-order valence-corrected chi connectivity index (χ3v) is 4.51. The monoisotopic (exact) mass is 301 g/mol. The molecule has 0 bridgehead atoms. The lowest BCUT2D eigenvalue weighted by Crippen LogP contribution is -2.22. The van der Waals surface area contributed by atoms with Gasteiger partial charge in [-0.15, -0.1) is 0 Å². The van der Waals surface area contributed by atoms with Gasteiger partial charge in [-0.05, 0) is 32.6 Å². The van der Waals surface area contributed by atoms with Gasteiger partial charge in [-0.2, -0.15) is 5.10 Å². The number of aromatic amines is 1. The van der Waals surface area contributed by atoms with Crippen molar-refractivity contribution in [2.75, 3.05) is 0 Å². The standard InChI is InChI=1S/C12H19N3O4S/c1-8-11(20(13,17)18)10(15-14-8)12(16)19-9-6-4-2-3-5-7-9/h9H,2-7H2,1H3,(H,14,15)(H2,13,17,18). The Labute approximate surface area is 117 Å². The lowest BCUT2D eigenvalue weighted by molar-refractivity contribution is 0.0256. The first-order valence-corrected chi connectivity index (χ1v) is 8.23. The van der Waals surface area contributed by atoms with Crippen molar-refractivity contribution in [2.45, 2.75) is 56.4 Å². The van der Waals surface area contributed by atoms with Crippen molar-refractivity contribution < 1.29 is 17.9 Å². The number of hydrogen-bond donors (Lipinski definition) is 2. The van der Waals surface area contributed by atoms with E-state index in [0.717, 1.165) is 38.5 Å². The zero-order valence-electron chi connectivity index (χ0n) is 11.4. The van der Waals surface area contributed by atoms with Gasteiger partial charge in [0.25, 0.3) is 0 Å². The summed E-state index contributed by atoms with van der Waals surface area (Å²) in [6.07, 6.45) is 5.74. The summed E-state index contributed by atoms with van der Waals surface area (Å²) >= 11 is 0. The number of rotatable bonds is 3. The number of nitrogens with two attached hydrogens (primary N) is 1. The molecule has 0 unspecified atom stereocenters. The summed E-state index contributed by atoms with van der Waals surface area (Å²) in [7, 11) is -4.01. The molecule has 1 aromatic heterocycles. The Morgan fingerprint density at radius 3 is 2.45 bits per heavy atom. The Bertz CT molecular complexity index is 586. The van der Waals surface area contributed by atoms with Crippen molar-refractivity contribution in [1.29, 1.82) is 0 Å². The zero-order valence-corrected chi connectivity index (χ0v) is 12.2. The number of H-pyrrole nitrogens is 1. The van der Waals surface area contributed by atoms with E-state index in [1.165, 1.54) is 6.92 Å². The third-order valence-electron chi connectivity index (χ3n) is 3.44. The van der Waals surface area contributed by atoms with Crippen LogP contribution < -0.4 is 5.14 Å². The maximum atomic E-state index is 12.1. The number of carbonyl (C=O) groups is 1. The Morgan fingerprint density at radius 2 is 1.90 bits per heavy atom. The zero-order chi connectivity index (χ0) is 14.8. The van der Waals surface area contributed by atoms with E-state index >= 15 is 0 Å². The largest absolute Gasteiger partial charge is 0.458 e. The number of primary sulfonamides is 1. The molecule has 0 radical (unpaired) electrons. The van der Waals surface area contributed by atoms with Gasteiger partial charge in [-0.3, -0.25) is 5.10 Å². The van der Waals surface area contributed by atoms with Gasteiger partial charge in [-0.1, -0.05) is 12.8 Å². The number of aryl methyl sites for hydroxylation is 1. The highest BCUT2D eigenvalue weighted by atomic mass is 32.2. The highest BCUT2D eigenvalue weighted by Gasteiger charge is 2.28. The molecule has 1 fully saturated rings. The highest BCUT2D eigenvalue weighted by molar-refractivity contribution is 7.89. The van der Waals surface area contributed by atoms with Crippen LogP contribution in [0.25, 0.3) is 0 Å². The molecule has 20 heavy (non-hydrogen) atoms. The lowest BCUT2D eigenvalue weighted by atomic mass is 10.1. The number of carbonyl (C=O) groups excluding carboxylic acids is 1. The number of ether oxygens (including phenoxy) is 1. The van der Waals surface area contributed by atoms with Gasteiger partial charge in [0, 0.05) is 0 Å². The molecule has 0 amide bonds. The van der Waals surface area contributed by atoms with E-state index in [-0.39, 0.29) is 22.4 Å². The second kappa shape index (κ2) is 5.92. The Hall–Kier alpha value is -1.41. The first-order chi connectivity index (χ1) is 9.39. The van der Waals surface area contributed by atoms with Crippen molar-refractivity contribution in [3.05, 3.63) is 11.4 Å². The summed E-state index contributed by atoms with van der Waals surface area (Å²) in [4.78, 5) is 11.8. The highest BCUT2D eigenvalue weighted by Crippen LogP contribution is 2.22. The maximum absolute atomic E-state index is 12.1. The molecule has 3 N–H and O–H groups in total. The molecule has 2 rings (SSSR count). The van der Waals surface area contributed by atoms with E-state index in [1.54, 1.807) is 0 Å². The second-order valence-corrected chi connectivity index (χ2v) is 6.59. The molecule has 0 aromatic carbocycles. The molecule has 8 heteroatoms. The van der Waals surface area contributed by atoms with Crippen molar-refractivity contribution >= 4 is 16.0 Å². The molecular weight excluding hydrogens is 282 g/mol. The van der Waals surface area contributed by atoms with Crippen LogP contribution in [0.5, 0.6) is 0 Å². The van der Waals surface area contributed by atoms with Gasteiger partial charge in [0.2, 0.25) is 10.0 Å². The van der Waals surface area contributed by atoms with Crippen LogP contribution >= 0.6 is 0 Å². The summed E-state index contributed by atoms with van der Waals surface area (Å²) in [6, 6.07) is 0. The molecule has 1 aliphatic carbocycles. The third kappa shape index (κ3) is 3.37. The summed E-state index contributed by atoms with van der Waals surface area (Å²) in [5.41, 5.74) is -0.0189. The van der Waals surface area contributed by atoms with Crippen molar-refractivity contribution in [3.8, 4) is 0 Å². The Kier molecular flexibility index (Phi) is 4.44. The maximum Gasteiger partial charge on any atom is 0.360 e. The number of nitrogens with zero attached hydrogens (tertiary/aromatic N) is 1. The van der Waals surface area contributed by atoms with Crippen LogP contribution in [0.2, 0.25) is 0 Å². The number of sulfonamides is 1. The van der Waals surface area contributed by atoms with E-state index in [0.29, 0.717) is 0 Å². The summed E-state index contributed by atoms with van der Waals surface area (Å²) in [6.45, 7) is 1.50. The van der Waals surface area contributed by atoms with Gasteiger partial charge in [-0.25, -0.2) is 18.4 Å². The van der Waals surface area contributed by atoms with Gasteiger partial charge in [0.1, 0.15) is 11.0 Å². The molecule has 1 aromatic rings. The summed E-state index contributed by atoms with van der Waals surface area (Å²) in [5, 5.41) is 11.3. The van der Waals surface area contributed by atoms with E-state index in [9.17, 15) is 13.2 Å². The molecular formula is C12H19N3O4S.